The van der Waals surface area contributed by atoms with Crippen LogP contribution in [0.4, 0.5) is 4.39 Å². The van der Waals surface area contributed by atoms with Crippen molar-refractivity contribution < 1.29 is 4.39 Å². The van der Waals surface area contributed by atoms with Crippen LogP contribution in [0.2, 0.25) is 0 Å². The molecule has 3 rings (SSSR count). The average molecular weight is 458 g/mol. The molecule has 0 atom stereocenters. The highest BCUT2D eigenvalue weighted by Gasteiger charge is 2.17. The van der Waals surface area contributed by atoms with Crippen LogP contribution in [0.15, 0.2) is 23.2 Å². The standard InChI is InChI=1S/C17H23FN6.HI/c1-3-19-17(20-10-13-6-7-14(18)12(2)9-13)21-11-16-23-22-15-5-4-8-24(15)16;/h6-7,9H,3-5,8,10-11H2,1-2H3,(H2,19,20,21);1H. The molecular formula is C17H24FIN6. The fourth-order valence-corrected chi connectivity index (χ4v) is 2.82. The molecule has 2 heterocycles. The van der Waals surface area contributed by atoms with E-state index in [1.807, 2.05) is 13.0 Å². The van der Waals surface area contributed by atoms with Crippen LogP contribution in [0.5, 0.6) is 0 Å². The van der Waals surface area contributed by atoms with E-state index in [1.54, 1.807) is 13.0 Å². The number of aryl methyl sites for hydroxylation is 2. The van der Waals surface area contributed by atoms with Crippen LogP contribution in [-0.2, 0) is 26.1 Å². The van der Waals surface area contributed by atoms with Gasteiger partial charge >= 0.3 is 0 Å². The number of guanidine groups is 1. The molecule has 8 heteroatoms. The van der Waals surface area contributed by atoms with Crippen molar-refractivity contribution in [3.05, 3.63) is 46.8 Å². The number of rotatable bonds is 5. The summed E-state index contributed by atoms with van der Waals surface area (Å²) in [6, 6.07) is 5.08. The van der Waals surface area contributed by atoms with Crippen molar-refractivity contribution >= 4 is 29.9 Å². The predicted molar refractivity (Wildman–Crippen MR) is 107 cm³/mol. The lowest BCUT2D eigenvalue weighted by atomic mass is 10.1. The first-order chi connectivity index (χ1) is 11.7. The van der Waals surface area contributed by atoms with Crippen molar-refractivity contribution in [3.8, 4) is 0 Å². The highest BCUT2D eigenvalue weighted by molar-refractivity contribution is 14.0. The Hall–Kier alpha value is -1.71. The van der Waals surface area contributed by atoms with E-state index in [0.717, 1.165) is 49.1 Å². The molecule has 0 aliphatic carbocycles. The lowest BCUT2D eigenvalue weighted by Gasteiger charge is -2.11. The van der Waals surface area contributed by atoms with Crippen LogP contribution >= 0.6 is 24.0 Å². The number of hydrogen-bond acceptors (Lipinski definition) is 3. The summed E-state index contributed by atoms with van der Waals surface area (Å²) in [5, 5.41) is 15.0. The molecule has 0 unspecified atom stereocenters. The van der Waals surface area contributed by atoms with Gasteiger partial charge in [-0.3, -0.25) is 0 Å². The Morgan fingerprint density at radius 1 is 1.32 bits per heavy atom. The fraction of sp³-hybridized carbons (Fsp3) is 0.471. The third-order valence-corrected chi connectivity index (χ3v) is 4.09. The second kappa shape index (κ2) is 9.12. The summed E-state index contributed by atoms with van der Waals surface area (Å²) in [6.45, 7) is 6.62. The number of aliphatic imine (C=N–C) groups is 1. The van der Waals surface area contributed by atoms with Gasteiger partial charge in [-0.05, 0) is 37.5 Å². The summed E-state index contributed by atoms with van der Waals surface area (Å²) >= 11 is 0. The van der Waals surface area contributed by atoms with Crippen LogP contribution in [0, 0.1) is 12.7 Å². The van der Waals surface area contributed by atoms with Gasteiger partial charge in [-0.1, -0.05) is 12.1 Å². The molecule has 136 valence electrons. The average Bonchev–Trinajstić information content (AvgIpc) is 3.17. The summed E-state index contributed by atoms with van der Waals surface area (Å²) in [5.74, 6) is 2.53. The fourth-order valence-electron chi connectivity index (χ4n) is 2.82. The Balaban J connectivity index is 0.00000225. The number of fused-ring (bicyclic) bond motifs is 1. The minimum atomic E-state index is -0.187. The van der Waals surface area contributed by atoms with Crippen molar-refractivity contribution in [2.45, 2.75) is 46.3 Å². The third-order valence-electron chi connectivity index (χ3n) is 4.09. The molecule has 0 saturated carbocycles. The van der Waals surface area contributed by atoms with E-state index in [1.165, 1.54) is 6.07 Å². The van der Waals surface area contributed by atoms with Gasteiger partial charge in [-0.2, -0.15) is 0 Å². The molecule has 0 fully saturated rings. The molecule has 6 nitrogen and oxygen atoms in total. The number of nitrogens with zero attached hydrogens (tertiary/aromatic N) is 4. The van der Waals surface area contributed by atoms with E-state index in [-0.39, 0.29) is 29.8 Å². The highest BCUT2D eigenvalue weighted by Crippen LogP contribution is 2.13. The van der Waals surface area contributed by atoms with Crippen LogP contribution < -0.4 is 10.6 Å². The summed E-state index contributed by atoms with van der Waals surface area (Å²) in [5.41, 5.74) is 1.62. The van der Waals surface area contributed by atoms with Gasteiger partial charge in [0, 0.05) is 19.5 Å². The molecule has 1 aromatic heterocycles. The first kappa shape index (κ1) is 19.6. The Labute approximate surface area is 164 Å². The minimum absolute atomic E-state index is 0. The van der Waals surface area contributed by atoms with Crippen molar-refractivity contribution in [2.24, 2.45) is 4.99 Å². The first-order valence-corrected chi connectivity index (χ1v) is 8.35. The van der Waals surface area contributed by atoms with Crippen LogP contribution in [0.3, 0.4) is 0 Å². The quantitative estimate of drug-likeness (QED) is 0.411. The van der Waals surface area contributed by atoms with E-state index >= 15 is 0 Å². The zero-order valence-electron chi connectivity index (χ0n) is 14.5. The molecule has 2 N–H and O–H groups in total. The van der Waals surface area contributed by atoms with Crippen molar-refractivity contribution in [3.63, 3.8) is 0 Å². The Bertz CT molecular complexity index is 743. The van der Waals surface area contributed by atoms with Crippen molar-refractivity contribution in [1.29, 1.82) is 0 Å². The van der Waals surface area contributed by atoms with Crippen LogP contribution in [0.25, 0.3) is 0 Å². The SMILES string of the molecule is CCNC(=NCc1ccc(F)c(C)c1)NCc1nnc2n1CCC2.I. The molecule has 0 radical (unpaired) electrons. The van der Waals surface area contributed by atoms with Gasteiger partial charge in [0.05, 0.1) is 13.1 Å². The van der Waals surface area contributed by atoms with Gasteiger partial charge in [0.2, 0.25) is 0 Å². The molecule has 1 aliphatic heterocycles. The predicted octanol–water partition coefficient (Wildman–Crippen LogP) is 2.55. The molecule has 2 aromatic rings. The first-order valence-electron chi connectivity index (χ1n) is 8.35. The molecular weight excluding hydrogens is 434 g/mol. The molecule has 1 aliphatic rings. The maximum atomic E-state index is 13.3. The van der Waals surface area contributed by atoms with Crippen molar-refractivity contribution in [2.75, 3.05) is 6.54 Å². The molecule has 0 bridgehead atoms. The van der Waals surface area contributed by atoms with Gasteiger partial charge in [0.25, 0.3) is 0 Å². The molecule has 0 saturated heterocycles. The maximum Gasteiger partial charge on any atom is 0.191 e. The topological polar surface area (TPSA) is 67.1 Å². The normalized spacial score (nSPS) is 13.3. The second-order valence-electron chi connectivity index (χ2n) is 5.92. The second-order valence-corrected chi connectivity index (χ2v) is 5.92. The third kappa shape index (κ3) is 4.90. The highest BCUT2D eigenvalue weighted by atomic mass is 127. The number of nitrogens with one attached hydrogen (secondary N) is 2. The van der Waals surface area contributed by atoms with E-state index in [0.29, 0.717) is 18.7 Å². The number of halogens is 2. The number of aromatic nitrogens is 3. The number of hydrogen-bond donors (Lipinski definition) is 2. The van der Waals surface area contributed by atoms with Gasteiger partial charge in [-0.15, -0.1) is 34.2 Å². The monoisotopic (exact) mass is 458 g/mol. The van der Waals surface area contributed by atoms with Gasteiger partial charge in [0.15, 0.2) is 11.8 Å². The maximum absolute atomic E-state index is 13.3. The van der Waals surface area contributed by atoms with Gasteiger partial charge in [-0.25, -0.2) is 9.38 Å². The van der Waals surface area contributed by atoms with E-state index < -0.39 is 0 Å². The summed E-state index contributed by atoms with van der Waals surface area (Å²) in [6.07, 6.45) is 2.14. The zero-order chi connectivity index (χ0) is 16.9. The Morgan fingerprint density at radius 2 is 2.16 bits per heavy atom. The lowest BCUT2D eigenvalue weighted by Crippen LogP contribution is -2.37. The zero-order valence-corrected chi connectivity index (χ0v) is 16.9. The molecule has 0 amide bonds. The smallest absolute Gasteiger partial charge is 0.191 e. The summed E-state index contributed by atoms with van der Waals surface area (Å²) in [4.78, 5) is 4.56. The molecule has 25 heavy (non-hydrogen) atoms. The van der Waals surface area contributed by atoms with E-state index in [9.17, 15) is 4.39 Å². The summed E-state index contributed by atoms with van der Waals surface area (Å²) < 4.78 is 15.5. The Morgan fingerprint density at radius 3 is 2.92 bits per heavy atom. The van der Waals surface area contributed by atoms with Gasteiger partial charge < -0.3 is 15.2 Å². The Kier molecular flexibility index (Phi) is 7.15. The van der Waals surface area contributed by atoms with Crippen LogP contribution in [0.1, 0.15) is 36.1 Å². The van der Waals surface area contributed by atoms with Crippen LogP contribution in [-0.4, -0.2) is 27.3 Å². The number of benzene rings is 1. The lowest BCUT2D eigenvalue weighted by molar-refractivity contribution is 0.617. The largest absolute Gasteiger partial charge is 0.357 e. The summed E-state index contributed by atoms with van der Waals surface area (Å²) in [7, 11) is 0. The van der Waals surface area contributed by atoms with E-state index in [4.69, 9.17) is 0 Å². The molecule has 0 spiro atoms. The molecule has 1 aromatic carbocycles. The van der Waals surface area contributed by atoms with Gasteiger partial charge in [0.1, 0.15) is 11.6 Å². The minimum Gasteiger partial charge on any atom is -0.357 e. The van der Waals surface area contributed by atoms with E-state index in [2.05, 4.69) is 30.4 Å². The van der Waals surface area contributed by atoms with Crippen molar-refractivity contribution in [1.82, 2.24) is 25.4 Å².